The van der Waals surface area contributed by atoms with Gasteiger partial charge in [0.2, 0.25) is 0 Å². The highest BCUT2D eigenvalue weighted by molar-refractivity contribution is 5.72. The third-order valence-electron chi connectivity index (χ3n) is 1.41. The minimum Gasteiger partial charge on any atom is -0.305 e. The summed E-state index contributed by atoms with van der Waals surface area (Å²) in [6.07, 6.45) is 2.63. The van der Waals surface area contributed by atoms with Crippen LogP contribution in [-0.4, -0.2) is 18.6 Å². The normalized spacial score (nSPS) is 17.3. The lowest BCUT2D eigenvalue weighted by molar-refractivity contribution is 0.589. The Labute approximate surface area is 65.9 Å². The Bertz CT molecular complexity index is 162. The maximum atomic E-state index is 6.64. The second kappa shape index (κ2) is 5.52. The standard InChI is InChI=1S/C6H13N5/c1-5(3-9-4-7)6(2)10-11-8/h3-7H,1-2H3,(H2,8,10)/b7-4?,9-3-/t5-,6-/m0/s1. The van der Waals surface area contributed by atoms with E-state index in [0.717, 1.165) is 6.34 Å². The first-order valence-corrected chi connectivity index (χ1v) is 3.34. The summed E-state index contributed by atoms with van der Waals surface area (Å²) in [5.74, 6) is 5.02. The first-order valence-electron chi connectivity index (χ1n) is 3.34. The van der Waals surface area contributed by atoms with Crippen LogP contribution in [-0.2, 0) is 0 Å². The molecule has 11 heavy (non-hydrogen) atoms. The van der Waals surface area contributed by atoms with E-state index in [0.29, 0.717) is 0 Å². The molecular formula is C6H13N5. The number of nitrogens with zero attached hydrogens (tertiary/aromatic N) is 3. The van der Waals surface area contributed by atoms with Crippen LogP contribution in [0.5, 0.6) is 0 Å². The number of nitrogens with one attached hydrogen (secondary N) is 1. The zero-order valence-electron chi connectivity index (χ0n) is 6.73. The predicted octanol–water partition coefficient (Wildman–Crippen LogP) is 1.01. The molecule has 62 valence electrons. The average molecular weight is 155 g/mol. The van der Waals surface area contributed by atoms with Crippen molar-refractivity contribution in [1.29, 1.82) is 5.41 Å². The Kier molecular flexibility index (Phi) is 4.89. The molecule has 0 rings (SSSR count). The molecule has 2 atom stereocenters. The second-order valence-electron chi connectivity index (χ2n) is 2.26. The quantitative estimate of drug-likeness (QED) is 0.205. The summed E-state index contributed by atoms with van der Waals surface area (Å²) in [4.78, 5) is 3.65. The van der Waals surface area contributed by atoms with Crippen LogP contribution >= 0.6 is 0 Å². The summed E-state index contributed by atoms with van der Waals surface area (Å²) >= 11 is 0. The van der Waals surface area contributed by atoms with Crippen molar-refractivity contribution in [1.82, 2.24) is 0 Å². The first kappa shape index (κ1) is 9.74. The number of nitrogens with two attached hydrogens (primary N) is 1. The molecule has 0 aromatic heterocycles. The third kappa shape index (κ3) is 4.19. The van der Waals surface area contributed by atoms with Gasteiger partial charge in [-0.15, -0.1) is 0 Å². The van der Waals surface area contributed by atoms with E-state index in [2.05, 4.69) is 15.3 Å². The van der Waals surface area contributed by atoms with Gasteiger partial charge in [0, 0.05) is 12.1 Å². The fourth-order valence-corrected chi connectivity index (χ4v) is 0.514. The zero-order valence-corrected chi connectivity index (χ0v) is 6.73. The van der Waals surface area contributed by atoms with E-state index in [9.17, 15) is 0 Å². The lowest BCUT2D eigenvalue weighted by Crippen LogP contribution is -2.12. The number of aliphatic imine (C=N–C) groups is 1. The van der Waals surface area contributed by atoms with Crippen LogP contribution in [0.25, 0.3) is 0 Å². The van der Waals surface area contributed by atoms with Gasteiger partial charge in [-0.2, -0.15) is 5.11 Å². The van der Waals surface area contributed by atoms with Crippen molar-refractivity contribution in [2.75, 3.05) is 0 Å². The largest absolute Gasteiger partial charge is 0.305 e. The topological polar surface area (TPSA) is 86.9 Å². The smallest absolute Gasteiger partial charge is 0.106 e. The van der Waals surface area contributed by atoms with Crippen LogP contribution in [0.4, 0.5) is 0 Å². The molecule has 0 saturated heterocycles. The molecule has 5 nitrogen and oxygen atoms in total. The monoisotopic (exact) mass is 155 g/mol. The summed E-state index contributed by atoms with van der Waals surface area (Å²) in [5.41, 5.74) is 0. The van der Waals surface area contributed by atoms with Crippen molar-refractivity contribution in [3.63, 3.8) is 0 Å². The Morgan fingerprint density at radius 2 is 2.09 bits per heavy atom. The Balaban J connectivity index is 3.90. The van der Waals surface area contributed by atoms with Gasteiger partial charge >= 0.3 is 0 Å². The van der Waals surface area contributed by atoms with Gasteiger partial charge < -0.3 is 5.84 Å². The molecule has 0 unspecified atom stereocenters. The molecule has 5 heteroatoms. The predicted molar refractivity (Wildman–Crippen MR) is 44.9 cm³/mol. The Morgan fingerprint density at radius 3 is 2.55 bits per heavy atom. The van der Waals surface area contributed by atoms with Gasteiger partial charge in [0.25, 0.3) is 0 Å². The van der Waals surface area contributed by atoms with E-state index in [1.807, 2.05) is 13.8 Å². The van der Waals surface area contributed by atoms with Crippen LogP contribution in [0.15, 0.2) is 15.3 Å². The average Bonchev–Trinajstić information content (AvgIpc) is 2.00. The van der Waals surface area contributed by atoms with Crippen molar-refractivity contribution >= 4 is 12.6 Å². The van der Waals surface area contributed by atoms with Gasteiger partial charge in [-0.1, -0.05) is 12.1 Å². The molecule has 0 fully saturated rings. The van der Waals surface area contributed by atoms with Gasteiger partial charge in [0.1, 0.15) is 6.34 Å². The summed E-state index contributed by atoms with van der Waals surface area (Å²) in [5, 5.41) is 13.5. The highest BCUT2D eigenvalue weighted by atomic mass is 15.3. The van der Waals surface area contributed by atoms with Crippen molar-refractivity contribution in [2.45, 2.75) is 19.9 Å². The molecule has 0 aliphatic carbocycles. The maximum Gasteiger partial charge on any atom is 0.106 e. The van der Waals surface area contributed by atoms with Gasteiger partial charge in [0.15, 0.2) is 0 Å². The molecule has 0 aliphatic heterocycles. The van der Waals surface area contributed by atoms with Gasteiger partial charge in [-0.3, -0.25) is 5.41 Å². The van der Waals surface area contributed by atoms with Crippen molar-refractivity contribution in [2.24, 2.45) is 27.1 Å². The minimum atomic E-state index is 0.0173. The third-order valence-corrected chi connectivity index (χ3v) is 1.41. The molecule has 0 saturated carbocycles. The van der Waals surface area contributed by atoms with Crippen LogP contribution in [0.2, 0.25) is 0 Å². The molecule has 0 radical (unpaired) electrons. The molecule has 0 aromatic rings. The van der Waals surface area contributed by atoms with Crippen molar-refractivity contribution < 1.29 is 0 Å². The maximum absolute atomic E-state index is 6.64. The lowest BCUT2D eigenvalue weighted by Gasteiger charge is -2.07. The summed E-state index contributed by atoms with van der Waals surface area (Å²) in [6.45, 7) is 3.82. The van der Waals surface area contributed by atoms with Crippen molar-refractivity contribution in [3.8, 4) is 0 Å². The number of hydrogen-bond acceptors (Lipinski definition) is 3. The number of hydrogen-bond donors (Lipinski definition) is 2. The highest BCUT2D eigenvalue weighted by Crippen LogP contribution is 2.03. The molecule has 0 heterocycles. The lowest BCUT2D eigenvalue weighted by atomic mass is 10.1. The van der Waals surface area contributed by atoms with E-state index in [4.69, 9.17) is 11.3 Å². The van der Waals surface area contributed by atoms with E-state index in [1.54, 1.807) is 6.21 Å². The summed E-state index contributed by atoms with van der Waals surface area (Å²) in [6, 6.07) is 0.0173. The Hall–Kier alpha value is -1.26. The van der Waals surface area contributed by atoms with Gasteiger partial charge in [0.05, 0.1) is 6.04 Å². The minimum absolute atomic E-state index is 0.0173. The highest BCUT2D eigenvalue weighted by Gasteiger charge is 2.07. The van der Waals surface area contributed by atoms with Crippen LogP contribution in [0.1, 0.15) is 13.8 Å². The molecule has 0 aliphatic rings. The molecular weight excluding hydrogens is 142 g/mol. The molecule has 3 N–H and O–H groups in total. The molecule has 0 amide bonds. The van der Waals surface area contributed by atoms with Crippen molar-refractivity contribution in [3.05, 3.63) is 0 Å². The zero-order chi connectivity index (χ0) is 8.69. The molecule has 0 spiro atoms. The van der Waals surface area contributed by atoms with Crippen LogP contribution in [0.3, 0.4) is 0 Å². The SMILES string of the molecule is C[C@H](/N=N\N)[C@@H](C)/C=N\C=N. The fraction of sp³-hybridized carbons (Fsp3) is 0.667. The van der Waals surface area contributed by atoms with Gasteiger partial charge in [-0.25, -0.2) is 4.99 Å². The van der Waals surface area contributed by atoms with E-state index in [-0.39, 0.29) is 12.0 Å². The summed E-state index contributed by atoms with van der Waals surface area (Å²) < 4.78 is 0. The van der Waals surface area contributed by atoms with Crippen LogP contribution in [0, 0.1) is 11.3 Å². The molecule has 0 bridgehead atoms. The van der Waals surface area contributed by atoms with Crippen LogP contribution < -0.4 is 5.84 Å². The molecule has 0 aromatic carbocycles. The first-order chi connectivity index (χ1) is 5.22. The second-order valence-corrected chi connectivity index (χ2v) is 2.26. The van der Waals surface area contributed by atoms with E-state index in [1.165, 1.54) is 0 Å². The summed E-state index contributed by atoms with van der Waals surface area (Å²) in [7, 11) is 0. The Morgan fingerprint density at radius 1 is 1.45 bits per heavy atom. The fourth-order valence-electron chi connectivity index (χ4n) is 0.514. The van der Waals surface area contributed by atoms with E-state index >= 15 is 0 Å². The van der Waals surface area contributed by atoms with Gasteiger partial charge in [-0.05, 0) is 6.92 Å². The van der Waals surface area contributed by atoms with E-state index < -0.39 is 0 Å². The number of rotatable bonds is 4.